The van der Waals surface area contributed by atoms with Gasteiger partial charge in [-0.3, -0.25) is 0 Å². The van der Waals surface area contributed by atoms with Gasteiger partial charge in [0.1, 0.15) is 0 Å². The number of rotatable bonds is 4. The quantitative estimate of drug-likeness (QED) is 0.875. The number of hydrogen-bond acceptors (Lipinski definition) is 2. The lowest BCUT2D eigenvalue weighted by Gasteiger charge is -2.34. The van der Waals surface area contributed by atoms with Crippen molar-refractivity contribution in [2.75, 3.05) is 18.0 Å². The van der Waals surface area contributed by atoms with Gasteiger partial charge in [0.2, 0.25) is 0 Å². The number of para-hydroxylation sites is 1. The Kier molecular flexibility index (Phi) is 3.55. The molecular formula is C16H24N2. The molecule has 98 valence electrons. The van der Waals surface area contributed by atoms with Gasteiger partial charge < -0.3 is 10.2 Å². The first-order valence-electron chi connectivity index (χ1n) is 7.39. The van der Waals surface area contributed by atoms with Crippen LogP contribution in [0.2, 0.25) is 0 Å². The molecule has 0 aromatic heterocycles. The molecule has 1 aromatic carbocycles. The fourth-order valence-electron chi connectivity index (χ4n) is 3.25. The third-order valence-electron chi connectivity index (χ3n) is 4.39. The Labute approximate surface area is 110 Å². The summed E-state index contributed by atoms with van der Waals surface area (Å²) in [6, 6.07) is 9.66. The summed E-state index contributed by atoms with van der Waals surface area (Å²) in [7, 11) is 0. The van der Waals surface area contributed by atoms with Crippen molar-refractivity contribution in [3.8, 4) is 0 Å². The largest absolute Gasteiger partial charge is 0.371 e. The molecule has 0 unspecified atom stereocenters. The minimum atomic E-state index is 0.756. The maximum absolute atomic E-state index is 3.70. The first-order valence-corrected chi connectivity index (χ1v) is 7.39. The summed E-state index contributed by atoms with van der Waals surface area (Å²) in [6.07, 6.45) is 5.40. The van der Waals surface area contributed by atoms with Crippen LogP contribution in [0.1, 0.15) is 38.2 Å². The molecular weight excluding hydrogens is 220 g/mol. The number of benzene rings is 1. The van der Waals surface area contributed by atoms with E-state index in [1.54, 1.807) is 0 Å². The fourth-order valence-corrected chi connectivity index (χ4v) is 3.25. The van der Waals surface area contributed by atoms with E-state index < -0.39 is 0 Å². The van der Waals surface area contributed by atoms with E-state index in [4.69, 9.17) is 0 Å². The van der Waals surface area contributed by atoms with Crippen molar-refractivity contribution in [1.29, 1.82) is 0 Å². The Morgan fingerprint density at radius 2 is 1.89 bits per heavy atom. The molecule has 1 heterocycles. The van der Waals surface area contributed by atoms with Gasteiger partial charge >= 0.3 is 0 Å². The van der Waals surface area contributed by atoms with E-state index in [1.807, 2.05) is 0 Å². The van der Waals surface area contributed by atoms with Gasteiger partial charge in [0.15, 0.2) is 0 Å². The number of nitrogens with one attached hydrogen (secondary N) is 1. The molecule has 1 saturated carbocycles. The second-order valence-corrected chi connectivity index (χ2v) is 5.98. The maximum atomic E-state index is 3.70. The molecule has 1 aromatic rings. The zero-order valence-corrected chi connectivity index (χ0v) is 11.4. The Hall–Kier alpha value is -1.02. The maximum Gasteiger partial charge on any atom is 0.0411 e. The van der Waals surface area contributed by atoms with Crippen LogP contribution in [0.4, 0.5) is 5.69 Å². The molecule has 0 radical (unpaired) electrons. The minimum Gasteiger partial charge on any atom is -0.371 e. The number of anilines is 1. The van der Waals surface area contributed by atoms with Gasteiger partial charge in [0.25, 0.3) is 0 Å². The van der Waals surface area contributed by atoms with Gasteiger partial charge in [-0.25, -0.2) is 0 Å². The zero-order chi connectivity index (χ0) is 12.4. The SMILES string of the molecule is CC1CC(NCc2ccccc2N2CCCC2)C1. The van der Waals surface area contributed by atoms with Crippen molar-refractivity contribution >= 4 is 5.69 Å². The Bertz CT molecular complexity index is 390. The summed E-state index contributed by atoms with van der Waals surface area (Å²) >= 11 is 0. The minimum absolute atomic E-state index is 0.756. The third-order valence-corrected chi connectivity index (χ3v) is 4.39. The average Bonchev–Trinajstić information content (AvgIpc) is 2.87. The molecule has 0 spiro atoms. The second-order valence-electron chi connectivity index (χ2n) is 5.98. The first kappa shape index (κ1) is 12.0. The highest BCUT2D eigenvalue weighted by Crippen LogP contribution is 2.28. The smallest absolute Gasteiger partial charge is 0.0411 e. The molecule has 0 amide bonds. The van der Waals surface area contributed by atoms with Crippen molar-refractivity contribution in [1.82, 2.24) is 5.32 Å². The third kappa shape index (κ3) is 2.54. The number of hydrogen-bond donors (Lipinski definition) is 1. The zero-order valence-electron chi connectivity index (χ0n) is 11.4. The molecule has 18 heavy (non-hydrogen) atoms. The first-order chi connectivity index (χ1) is 8.83. The van der Waals surface area contributed by atoms with Crippen LogP contribution < -0.4 is 10.2 Å². The van der Waals surface area contributed by atoms with Crippen LogP contribution in [0.5, 0.6) is 0 Å². The predicted molar refractivity (Wildman–Crippen MR) is 76.9 cm³/mol. The summed E-state index contributed by atoms with van der Waals surface area (Å²) < 4.78 is 0. The Morgan fingerprint density at radius 3 is 2.61 bits per heavy atom. The van der Waals surface area contributed by atoms with Crippen LogP contribution in [0.3, 0.4) is 0 Å². The predicted octanol–water partition coefficient (Wildman–Crippen LogP) is 3.17. The molecule has 1 saturated heterocycles. The van der Waals surface area contributed by atoms with Crippen molar-refractivity contribution in [2.24, 2.45) is 5.92 Å². The molecule has 1 aliphatic carbocycles. The van der Waals surface area contributed by atoms with Gasteiger partial charge in [0.05, 0.1) is 0 Å². The summed E-state index contributed by atoms with van der Waals surface area (Å²) in [4.78, 5) is 2.54. The lowest BCUT2D eigenvalue weighted by molar-refractivity contribution is 0.240. The highest BCUT2D eigenvalue weighted by atomic mass is 15.1. The highest BCUT2D eigenvalue weighted by Gasteiger charge is 2.25. The normalized spacial score (nSPS) is 27.3. The van der Waals surface area contributed by atoms with Crippen LogP contribution in [0.15, 0.2) is 24.3 Å². The molecule has 0 atom stereocenters. The molecule has 2 aliphatic rings. The lowest BCUT2D eigenvalue weighted by atomic mass is 9.82. The van der Waals surface area contributed by atoms with E-state index in [0.717, 1.165) is 18.5 Å². The molecule has 1 N–H and O–H groups in total. The van der Waals surface area contributed by atoms with E-state index >= 15 is 0 Å². The molecule has 0 bridgehead atoms. The fraction of sp³-hybridized carbons (Fsp3) is 0.625. The lowest BCUT2D eigenvalue weighted by Crippen LogP contribution is -2.39. The topological polar surface area (TPSA) is 15.3 Å². The van der Waals surface area contributed by atoms with Crippen molar-refractivity contribution in [2.45, 2.75) is 45.2 Å². The second kappa shape index (κ2) is 5.31. The van der Waals surface area contributed by atoms with Crippen LogP contribution in [-0.2, 0) is 6.54 Å². The van der Waals surface area contributed by atoms with Crippen LogP contribution >= 0.6 is 0 Å². The van der Waals surface area contributed by atoms with Gasteiger partial charge in [-0.1, -0.05) is 25.1 Å². The molecule has 2 nitrogen and oxygen atoms in total. The Morgan fingerprint density at radius 1 is 1.17 bits per heavy atom. The van der Waals surface area contributed by atoms with Crippen molar-refractivity contribution < 1.29 is 0 Å². The van der Waals surface area contributed by atoms with Crippen molar-refractivity contribution in [3.05, 3.63) is 29.8 Å². The van der Waals surface area contributed by atoms with Crippen LogP contribution in [0.25, 0.3) is 0 Å². The summed E-state index contributed by atoms with van der Waals surface area (Å²) in [6.45, 7) is 5.84. The summed E-state index contributed by atoms with van der Waals surface area (Å²) in [5, 5.41) is 3.70. The average molecular weight is 244 g/mol. The van der Waals surface area contributed by atoms with Crippen LogP contribution in [0, 0.1) is 5.92 Å². The summed E-state index contributed by atoms with van der Waals surface area (Å²) in [5.74, 6) is 0.927. The molecule has 1 aliphatic heterocycles. The molecule has 2 fully saturated rings. The summed E-state index contributed by atoms with van der Waals surface area (Å²) in [5.41, 5.74) is 2.92. The van der Waals surface area contributed by atoms with E-state index in [9.17, 15) is 0 Å². The van der Waals surface area contributed by atoms with E-state index in [2.05, 4.69) is 41.4 Å². The highest BCUT2D eigenvalue weighted by molar-refractivity contribution is 5.54. The van der Waals surface area contributed by atoms with Crippen LogP contribution in [-0.4, -0.2) is 19.1 Å². The van der Waals surface area contributed by atoms with Gasteiger partial charge in [-0.2, -0.15) is 0 Å². The van der Waals surface area contributed by atoms with E-state index in [-0.39, 0.29) is 0 Å². The molecule has 3 rings (SSSR count). The standard InChI is InChI=1S/C16H24N2/c1-13-10-15(11-13)17-12-14-6-2-3-7-16(14)18-8-4-5-9-18/h2-3,6-7,13,15,17H,4-5,8-12H2,1H3. The Balaban J connectivity index is 1.63. The monoisotopic (exact) mass is 244 g/mol. The van der Waals surface area contributed by atoms with Gasteiger partial charge in [-0.15, -0.1) is 0 Å². The number of nitrogens with zero attached hydrogens (tertiary/aromatic N) is 1. The van der Waals surface area contributed by atoms with Gasteiger partial charge in [0, 0.05) is 31.4 Å². The molecule has 2 heteroatoms. The van der Waals surface area contributed by atoms with Gasteiger partial charge in [-0.05, 0) is 43.2 Å². The van der Waals surface area contributed by atoms with Crippen molar-refractivity contribution in [3.63, 3.8) is 0 Å². The van der Waals surface area contributed by atoms with E-state index in [0.29, 0.717) is 0 Å². The van der Waals surface area contributed by atoms with E-state index in [1.165, 1.54) is 50.0 Å².